The van der Waals surface area contributed by atoms with Gasteiger partial charge in [0.1, 0.15) is 11.6 Å². The van der Waals surface area contributed by atoms with E-state index in [0.29, 0.717) is 5.82 Å². The maximum atomic E-state index is 6.09. The Kier molecular flexibility index (Phi) is 3.12. The Balaban J connectivity index is 2.37. The Morgan fingerprint density at radius 3 is 2.50 bits per heavy atom. The first-order valence-electron chi connectivity index (χ1n) is 4.98. The van der Waals surface area contributed by atoms with Crippen LogP contribution in [-0.4, -0.2) is 17.1 Å². The Hall–Kier alpha value is -1.94. The molecule has 2 aromatic rings. The minimum atomic E-state index is -0.364. The molecule has 1 atom stereocenters. The van der Waals surface area contributed by atoms with Crippen LogP contribution in [0, 0.1) is 0 Å². The van der Waals surface area contributed by atoms with Gasteiger partial charge in [-0.15, -0.1) is 0 Å². The molecule has 82 valence electrons. The predicted octanol–water partition coefficient (Wildman–Crippen LogP) is 1.53. The molecule has 1 aromatic heterocycles. The highest BCUT2D eigenvalue weighted by atomic mass is 16.5. The average molecular weight is 215 g/mol. The van der Waals surface area contributed by atoms with E-state index in [2.05, 4.69) is 9.97 Å². The highest BCUT2D eigenvalue weighted by molar-refractivity contribution is 5.38. The normalized spacial score (nSPS) is 12.1. The number of hydrogen-bond acceptors (Lipinski definition) is 4. The van der Waals surface area contributed by atoms with E-state index in [1.807, 2.05) is 24.3 Å². The van der Waals surface area contributed by atoms with Gasteiger partial charge >= 0.3 is 0 Å². The van der Waals surface area contributed by atoms with Crippen molar-refractivity contribution in [3.8, 4) is 5.75 Å². The van der Waals surface area contributed by atoms with Gasteiger partial charge < -0.3 is 10.5 Å². The fourth-order valence-corrected chi connectivity index (χ4v) is 1.53. The Morgan fingerprint density at radius 1 is 1.12 bits per heavy atom. The van der Waals surface area contributed by atoms with E-state index in [1.54, 1.807) is 25.6 Å². The summed E-state index contributed by atoms with van der Waals surface area (Å²) in [4.78, 5) is 8.28. The van der Waals surface area contributed by atoms with Gasteiger partial charge in [0.15, 0.2) is 0 Å². The summed E-state index contributed by atoms with van der Waals surface area (Å²) in [6, 6.07) is 9.01. The van der Waals surface area contributed by atoms with Gasteiger partial charge in [0, 0.05) is 18.0 Å². The van der Waals surface area contributed by atoms with E-state index in [9.17, 15) is 0 Å². The number of aromatic nitrogens is 2. The summed E-state index contributed by atoms with van der Waals surface area (Å²) in [6.45, 7) is 0. The lowest BCUT2D eigenvalue weighted by molar-refractivity contribution is 0.407. The van der Waals surface area contributed by atoms with Gasteiger partial charge in [-0.05, 0) is 12.1 Å². The molecule has 0 fully saturated rings. The van der Waals surface area contributed by atoms with Crippen molar-refractivity contribution in [3.63, 3.8) is 0 Å². The minimum Gasteiger partial charge on any atom is -0.496 e. The largest absolute Gasteiger partial charge is 0.496 e. The molecule has 0 amide bonds. The van der Waals surface area contributed by atoms with Crippen LogP contribution in [0.15, 0.2) is 42.7 Å². The van der Waals surface area contributed by atoms with Gasteiger partial charge in [0.2, 0.25) is 0 Å². The minimum absolute atomic E-state index is 0.364. The number of nitrogens with zero attached hydrogens (tertiary/aromatic N) is 2. The van der Waals surface area contributed by atoms with Crippen molar-refractivity contribution in [2.45, 2.75) is 6.04 Å². The molecule has 16 heavy (non-hydrogen) atoms. The second-order valence-corrected chi connectivity index (χ2v) is 3.33. The molecule has 0 bridgehead atoms. The van der Waals surface area contributed by atoms with Crippen LogP contribution < -0.4 is 10.5 Å². The third kappa shape index (κ3) is 2.01. The Labute approximate surface area is 94.1 Å². The fourth-order valence-electron chi connectivity index (χ4n) is 1.53. The maximum absolute atomic E-state index is 6.09. The first kappa shape index (κ1) is 10.6. The Bertz CT molecular complexity index is 459. The molecule has 0 radical (unpaired) electrons. The average Bonchev–Trinajstić information content (AvgIpc) is 2.39. The number of nitrogens with two attached hydrogens (primary N) is 1. The molecule has 0 aliphatic heterocycles. The first-order valence-corrected chi connectivity index (χ1v) is 4.98. The maximum Gasteiger partial charge on any atom is 0.149 e. The lowest BCUT2D eigenvalue weighted by atomic mass is 10.1. The van der Waals surface area contributed by atoms with E-state index in [0.717, 1.165) is 11.3 Å². The van der Waals surface area contributed by atoms with Crippen molar-refractivity contribution in [1.29, 1.82) is 0 Å². The van der Waals surface area contributed by atoms with Gasteiger partial charge in [-0.3, -0.25) is 0 Å². The summed E-state index contributed by atoms with van der Waals surface area (Å²) in [5.74, 6) is 1.34. The fraction of sp³-hybridized carbons (Fsp3) is 0.167. The molecule has 1 heterocycles. The van der Waals surface area contributed by atoms with Crippen LogP contribution in [0.25, 0.3) is 0 Å². The first-order chi connectivity index (χ1) is 7.83. The SMILES string of the molecule is COc1ccccc1[C@H](N)c1ncccn1. The highest BCUT2D eigenvalue weighted by Crippen LogP contribution is 2.25. The van der Waals surface area contributed by atoms with Crippen molar-refractivity contribution in [3.05, 3.63) is 54.1 Å². The number of ether oxygens (including phenoxy) is 1. The molecule has 0 saturated carbocycles. The van der Waals surface area contributed by atoms with Crippen molar-refractivity contribution in [2.75, 3.05) is 7.11 Å². The topological polar surface area (TPSA) is 61.0 Å². The molecule has 2 N–H and O–H groups in total. The van der Waals surface area contributed by atoms with Crippen LogP contribution >= 0.6 is 0 Å². The smallest absolute Gasteiger partial charge is 0.149 e. The third-order valence-corrected chi connectivity index (χ3v) is 2.34. The monoisotopic (exact) mass is 215 g/mol. The van der Waals surface area contributed by atoms with Gasteiger partial charge in [-0.25, -0.2) is 9.97 Å². The second-order valence-electron chi connectivity index (χ2n) is 3.33. The molecular weight excluding hydrogens is 202 g/mol. The highest BCUT2D eigenvalue weighted by Gasteiger charge is 2.15. The quantitative estimate of drug-likeness (QED) is 0.843. The van der Waals surface area contributed by atoms with Gasteiger partial charge in [-0.1, -0.05) is 18.2 Å². The molecule has 0 unspecified atom stereocenters. The van der Waals surface area contributed by atoms with Crippen molar-refractivity contribution < 1.29 is 4.74 Å². The summed E-state index contributed by atoms with van der Waals surface area (Å²) in [7, 11) is 1.62. The number of benzene rings is 1. The standard InChI is InChI=1S/C12H13N3O/c1-16-10-6-3-2-5-9(10)11(13)12-14-7-4-8-15-12/h2-8,11H,13H2,1H3/t11-/m0/s1. The van der Waals surface area contributed by atoms with E-state index in [1.165, 1.54) is 0 Å². The van der Waals surface area contributed by atoms with Crippen molar-refractivity contribution in [2.24, 2.45) is 5.73 Å². The zero-order valence-electron chi connectivity index (χ0n) is 9.00. The zero-order valence-corrected chi connectivity index (χ0v) is 9.00. The Morgan fingerprint density at radius 2 is 1.81 bits per heavy atom. The molecule has 2 rings (SSSR count). The summed E-state index contributed by atoms with van der Waals surface area (Å²) >= 11 is 0. The third-order valence-electron chi connectivity index (χ3n) is 2.34. The molecule has 0 spiro atoms. The second kappa shape index (κ2) is 4.72. The van der Waals surface area contributed by atoms with Crippen LogP contribution in [-0.2, 0) is 0 Å². The van der Waals surface area contributed by atoms with Crippen molar-refractivity contribution in [1.82, 2.24) is 9.97 Å². The molecule has 4 heteroatoms. The summed E-state index contributed by atoms with van der Waals surface area (Å²) in [5, 5.41) is 0. The molecular formula is C12H13N3O. The zero-order chi connectivity index (χ0) is 11.4. The van der Waals surface area contributed by atoms with E-state index < -0.39 is 0 Å². The van der Waals surface area contributed by atoms with Crippen LogP contribution in [0.1, 0.15) is 17.4 Å². The van der Waals surface area contributed by atoms with Crippen LogP contribution in [0.3, 0.4) is 0 Å². The lowest BCUT2D eigenvalue weighted by Gasteiger charge is -2.13. The number of methoxy groups -OCH3 is 1. The van der Waals surface area contributed by atoms with Gasteiger partial charge in [-0.2, -0.15) is 0 Å². The summed E-state index contributed by atoms with van der Waals surface area (Å²) in [5.41, 5.74) is 6.97. The lowest BCUT2D eigenvalue weighted by Crippen LogP contribution is -2.15. The summed E-state index contributed by atoms with van der Waals surface area (Å²) in [6.07, 6.45) is 3.36. The predicted molar refractivity (Wildman–Crippen MR) is 61.1 cm³/mol. The summed E-state index contributed by atoms with van der Waals surface area (Å²) < 4.78 is 5.25. The number of para-hydroxylation sites is 1. The molecule has 4 nitrogen and oxygen atoms in total. The number of hydrogen-bond donors (Lipinski definition) is 1. The van der Waals surface area contributed by atoms with E-state index in [4.69, 9.17) is 10.5 Å². The van der Waals surface area contributed by atoms with Gasteiger partial charge in [0.25, 0.3) is 0 Å². The van der Waals surface area contributed by atoms with E-state index in [-0.39, 0.29) is 6.04 Å². The van der Waals surface area contributed by atoms with Crippen molar-refractivity contribution >= 4 is 0 Å². The molecule has 1 aromatic carbocycles. The molecule has 0 aliphatic carbocycles. The van der Waals surface area contributed by atoms with Crippen LogP contribution in [0.5, 0.6) is 5.75 Å². The van der Waals surface area contributed by atoms with Crippen LogP contribution in [0.4, 0.5) is 0 Å². The van der Waals surface area contributed by atoms with E-state index >= 15 is 0 Å². The van der Waals surface area contributed by atoms with Gasteiger partial charge in [0.05, 0.1) is 13.2 Å². The number of rotatable bonds is 3. The molecule has 0 aliphatic rings. The molecule has 0 saturated heterocycles. The van der Waals surface area contributed by atoms with Crippen LogP contribution in [0.2, 0.25) is 0 Å².